The van der Waals surface area contributed by atoms with Crippen LogP contribution in [0.5, 0.6) is 0 Å². The fourth-order valence-corrected chi connectivity index (χ4v) is 8.80. The molecular weight excluding hydrogens is 642 g/mol. The summed E-state index contributed by atoms with van der Waals surface area (Å²) in [6, 6.07) is 32.9. The van der Waals surface area contributed by atoms with Crippen molar-refractivity contribution in [1.82, 2.24) is 9.55 Å². The van der Waals surface area contributed by atoms with Gasteiger partial charge in [-0.3, -0.25) is 4.57 Å². The molecule has 0 saturated heterocycles. The monoisotopic (exact) mass is 684 g/mol. The van der Waals surface area contributed by atoms with Crippen molar-refractivity contribution in [3.05, 3.63) is 96.8 Å². The third kappa shape index (κ3) is 5.29. The molecule has 1 aromatic heterocycles. The van der Waals surface area contributed by atoms with Crippen LogP contribution < -0.4 is 43.7 Å². The van der Waals surface area contributed by atoms with Crippen LogP contribution in [0.3, 0.4) is 0 Å². The summed E-state index contributed by atoms with van der Waals surface area (Å²) in [5.41, 5.74) is 17.3. The number of benzene rings is 7. The minimum absolute atomic E-state index is 0.456. The summed E-state index contributed by atoms with van der Waals surface area (Å²) >= 11 is 0. The zero-order valence-electron chi connectivity index (χ0n) is 34.0. The van der Waals surface area contributed by atoms with Crippen molar-refractivity contribution in [3.63, 3.8) is 0 Å². The van der Waals surface area contributed by atoms with E-state index in [4.69, 9.17) is 4.98 Å². The SMILES string of the molecule is Bc1c(B)c(B)c2c(-c3ccc4ccccc4c3)c3c(B)c(B)c(B)c(B)c3c(-c3cccc(-n4c(C(B)(O)C(B)(B)B)nc5ccccc54)c3)c2c1B. The largest absolute Gasteiger partial charge is 0.393 e. The second kappa shape index (κ2) is 12.8. The maximum atomic E-state index is 12.2. The molecule has 1 atom stereocenters. The quantitative estimate of drug-likeness (QED) is 0.145. The van der Waals surface area contributed by atoms with Crippen molar-refractivity contribution in [2.24, 2.45) is 0 Å². The molecule has 0 bridgehead atoms. The highest BCUT2D eigenvalue weighted by molar-refractivity contribution is 6.71. The summed E-state index contributed by atoms with van der Waals surface area (Å²) in [6.07, 6.45) is 0. The van der Waals surface area contributed by atoms with E-state index in [1.807, 2.05) is 20.0 Å². The molecule has 1 unspecified atom stereocenters. The van der Waals surface area contributed by atoms with Gasteiger partial charge in [0.15, 0.2) is 7.85 Å². The molecule has 7 aromatic carbocycles. The van der Waals surface area contributed by atoms with Crippen LogP contribution in [0, 0.1) is 0 Å². The second-order valence-electron chi connectivity index (χ2n) is 16.9. The number of nitrogens with zero attached hydrogens (tertiary/aromatic N) is 2. The minimum atomic E-state index is -1.20. The molecule has 0 aliphatic rings. The van der Waals surface area contributed by atoms with E-state index in [1.165, 1.54) is 92.7 Å². The fourth-order valence-electron chi connectivity index (χ4n) is 8.80. The lowest BCUT2D eigenvalue weighted by Gasteiger charge is -2.37. The van der Waals surface area contributed by atoms with E-state index in [0.29, 0.717) is 5.82 Å². The Labute approximate surface area is 329 Å². The molecule has 54 heavy (non-hydrogen) atoms. The average Bonchev–Trinajstić information content (AvgIpc) is 3.56. The van der Waals surface area contributed by atoms with E-state index in [1.54, 1.807) is 0 Å². The van der Waals surface area contributed by atoms with Crippen LogP contribution >= 0.6 is 0 Å². The van der Waals surface area contributed by atoms with Crippen LogP contribution in [0.4, 0.5) is 0 Å². The van der Waals surface area contributed by atoms with Crippen molar-refractivity contribution < 1.29 is 5.11 Å². The summed E-state index contributed by atoms with van der Waals surface area (Å²) in [5, 5.41) is 19.5. The smallest absolute Gasteiger partial charge is 0.150 e. The van der Waals surface area contributed by atoms with Gasteiger partial charge in [-0.2, -0.15) is 0 Å². The molecule has 15 heteroatoms. The van der Waals surface area contributed by atoms with Crippen LogP contribution in [0.2, 0.25) is 5.11 Å². The predicted octanol–water partition coefficient (Wildman–Crippen LogP) is -8.36. The van der Waals surface area contributed by atoms with Gasteiger partial charge in [0, 0.05) is 5.69 Å². The summed E-state index contributed by atoms with van der Waals surface area (Å²) in [5.74, 6) is 0.645. The fraction of sp³-hybridized carbons (Fsp3) is 0.0513. The first kappa shape index (κ1) is 36.5. The number of fused-ring (bicyclic) bond motifs is 4. The molecule has 3 nitrogen and oxygen atoms in total. The Morgan fingerprint density at radius 3 is 1.50 bits per heavy atom. The Balaban J connectivity index is 1.57. The lowest BCUT2D eigenvalue weighted by Crippen LogP contribution is -2.50. The molecule has 0 amide bonds. The molecular formula is C39H40B12N2O. The van der Waals surface area contributed by atoms with E-state index in [-0.39, 0.29) is 0 Å². The maximum absolute atomic E-state index is 12.2. The molecule has 0 aliphatic heterocycles. The molecule has 0 fully saturated rings. The van der Waals surface area contributed by atoms with Gasteiger partial charge in [-0.1, -0.05) is 87.6 Å². The van der Waals surface area contributed by atoms with Gasteiger partial charge in [0.1, 0.15) is 68.6 Å². The predicted molar refractivity (Wildman–Crippen MR) is 271 cm³/mol. The van der Waals surface area contributed by atoms with Crippen molar-refractivity contribution >= 4 is 181 Å². The molecule has 0 radical (unpaired) electrons. The van der Waals surface area contributed by atoms with Gasteiger partial charge >= 0.3 is 0 Å². The number of imidazole rings is 1. The normalized spacial score (nSPS) is 13.2. The van der Waals surface area contributed by atoms with Gasteiger partial charge in [0.25, 0.3) is 0 Å². The Bertz CT molecular complexity index is 2820. The lowest BCUT2D eigenvalue weighted by atomic mass is 9.32. The molecule has 8 aromatic rings. The highest BCUT2D eigenvalue weighted by Crippen LogP contribution is 2.43. The van der Waals surface area contributed by atoms with Crippen LogP contribution in [0.15, 0.2) is 91.0 Å². The summed E-state index contributed by atoms with van der Waals surface area (Å²) in [6.45, 7) is 0. The van der Waals surface area contributed by atoms with Gasteiger partial charge in [0.2, 0.25) is 0 Å². The summed E-state index contributed by atoms with van der Waals surface area (Å²) in [4.78, 5) is 5.10. The van der Waals surface area contributed by atoms with E-state index < -0.39 is 10.6 Å². The molecule has 1 N–H and O–H groups in total. The molecule has 248 valence electrons. The molecule has 1 heterocycles. The van der Waals surface area contributed by atoms with Crippen LogP contribution in [-0.4, -0.2) is 109 Å². The first-order valence-corrected chi connectivity index (χ1v) is 19.3. The van der Waals surface area contributed by atoms with Crippen molar-refractivity contribution in [2.45, 2.75) is 10.6 Å². The van der Waals surface area contributed by atoms with Crippen molar-refractivity contribution in [2.75, 3.05) is 0 Å². The van der Waals surface area contributed by atoms with E-state index in [2.05, 4.69) is 170 Å². The molecule has 8 rings (SSSR count). The number of aromatic nitrogens is 2. The van der Waals surface area contributed by atoms with Gasteiger partial charge < -0.3 is 5.11 Å². The highest BCUT2D eigenvalue weighted by Gasteiger charge is 2.41. The van der Waals surface area contributed by atoms with Crippen molar-refractivity contribution in [3.8, 4) is 27.9 Å². The molecule has 0 saturated carbocycles. The molecule has 0 spiro atoms. The van der Waals surface area contributed by atoms with E-state index in [9.17, 15) is 5.11 Å². The third-order valence-electron chi connectivity index (χ3n) is 13.3. The maximum Gasteiger partial charge on any atom is 0.150 e. The van der Waals surface area contributed by atoms with Crippen LogP contribution in [-0.2, 0) is 5.50 Å². The van der Waals surface area contributed by atoms with E-state index >= 15 is 0 Å². The standard InChI is InChI=1S/C39H40B12N2O/c40-29-25-23(18-8-5-9-20(15-18)53-22-11-4-3-10-21(22)52-37(53)38(48,54)39(49,50)51)26-28(32(43)36(47)34(45)30(26)41)24(27(25)31(42)35(46)33(29)44)19-13-12-16-6-1-2-7-17(16)14-19/h1-15,54H,40-51H2. The Hall–Kier alpha value is -4.47. The van der Waals surface area contributed by atoms with Gasteiger partial charge in [0.05, 0.1) is 40.1 Å². The number of para-hydroxylation sites is 2. The number of hydrogen-bond donors (Lipinski definition) is 1. The first-order chi connectivity index (χ1) is 25.5. The van der Waals surface area contributed by atoms with E-state index in [0.717, 1.165) is 22.3 Å². The lowest BCUT2D eigenvalue weighted by molar-refractivity contribution is 0.118. The van der Waals surface area contributed by atoms with Crippen molar-refractivity contribution in [1.29, 1.82) is 0 Å². The van der Waals surface area contributed by atoms with Crippen LogP contribution in [0.1, 0.15) is 5.82 Å². The second-order valence-corrected chi connectivity index (χ2v) is 16.9. The number of aliphatic hydroxyl groups is 1. The third-order valence-corrected chi connectivity index (χ3v) is 13.3. The zero-order chi connectivity index (χ0) is 38.6. The Morgan fingerprint density at radius 1 is 0.481 bits per heavy atom. The first-order valence-electron chi connectivity index (χ1n) is 19.3. The van der Waals surface area contributed by atoms with Gasteiger partial charge in [-0.05, 0) is 84.9 Å². The number of rotatable bonds is 5. The van der Waals surface area contributed by atoms with Crippen LogP contribution in [0.25, 0.3) is 71.3 Å². The van der Waals surface area contributed by atoms with Gasteiger partial charge in [-0.25, -0.2) is 4.98 Å². The highest BCUT2D eigenvalue weighted by atomic mass is 16.3. The minimum Gasteiger partial charge on any atom is -0.393 e. The van der Waals surface area contributed by atoms with Gasteiger partial charge in [-0.15, -0.1) is 21.9 Å². The summed E-state index contributed by atoms with van der Waals surface area (Å²) < 4.78 is 2.18. The Morgan fingerprint density at radius 2 is 0.963 bits per heavy atom. The Kier molecular flexibility index (Phi) is 8.66. The zero-order valence-corrected chi connectivity index (χ0v) is 34.0. The average molecular weight is 683 g/mol. The number of hydrogen-bond acceptors (Lipinski definition) is 2. The molecule has 0 aliphatic carbocycles. The topological polar surface area (TPSA) is 38.0 Å². The summed E-state index contributed by atoms with van der Waals surface area (Å²) in [7, 11) is 26.6.